The van der Waals surface area contributed by atoms with Crippen molar-refractivity contribution in [2.45, 2.75) is 46.1 Å². The quantitative estimate of drug-likeness (QED) is 0.714. The number of rotatable bonds is 0. The molecule has 0 atom stereocenters. The fourth-order valence-corrected chi connectivity index (χ4v) is 2.56. The SMILES string of the molecule is CC.O=C1NCCc2c1cc1n2CCCC1. The molecule has 1 N–H and O–H groups in total. The van der Waals surface area contributed by atoms with Crippen LogP contribution in [0, 0.1) is 0 Å². The summed E-state index contributed by atoms with van der Waals surface area (Å²) in [5, 5.41) is 2.90. The molecule has 0 aliphatic carbocycles. The van der Waals surface area contributed by atoms with Gasteiger partial charge in [0, 0.05) is 30.9 Å². The minimum atomic E-state index is 0.119. The van der Waals surface area contributed by atoms with Gasteiger partial charge in [-0.15, -0.1) is 0 Å². The van der Waals surface area contributed by atoms with Crippen molar-refractivity contribution in [1.82, 2.24) is 9.88 Å². The Morgan fingerprint density at radius 2 is 2.06 bits per heavy atom. The van der Waals surface area contributed by atoms with Gasteiger partial charge < -0.3 is 9.88 Å². The van der Waals surface area contributed by atoms with Gasteiger partial charge in [-0.25, -0.2) is 0 Å². The molecule has 1 amide bonds. The van der Waals surface area contributed by atoms with Crippen LogP contribution in [0.2, 0.25) is 0 Å². The van der Waals surface area contributed by atoms with E-state index in [9.17, 15) is 4.79 Å². The molecular weight excluding hydrogens is 200 g/mol. The van der Waals surface area contributed by atoms with Crippen molar-refractivity contribution in [3.63, 3.8) is 0 Å². The fraction of sp³-hybridized carbons (Fsp3) is 0.615. The number of hydrogen-bond donors (Lipinski definition) is 1. The summed E-state index contributed by atoms with van der Waals surface area (Å²) in [6.45, 7) is 5.91. The molecule has 3 rings (SSSR count). The summed E-state index contributed by atoms with van der Waals surface area (Å²) >= 11 is 0. The zero-order valence-electron chi connectivity index (χ0n) is 10.2. The molecule has 2 aliphatic heterocycles. The van der Waals surface area contributed by atoms with Gasteiger partial charge in [-0.05, 0) is 25.3 Å². The van der Waals surface area contributed by atoms with E-state index >= 15 is 0 Å². The highest BCUT2D eigenvalue weighted by Crippen LogP contribution is 2.24. The molecule has 0 radical (unpaired) electrons. The zero-order chi connectivity index (χ0) is 11.5. The second-order valence-corrected chi connectivity index (χ2v) is 4.11. The fourth-order valence-electron chi connectivity index (χ4n) is 2.56. The van der Waals surface area contributed by atoms with E-state index in [0.717, 1.165) is 31.5 Å². The van der Waals surface area contributed by atoms with E-state index in [1.165, 1.54) is 24.2 Å². The van der Waals surface area contributed by atoms with E-state index in [1.54, 1.807) is 0 Å². The maximum atomic E-state index is 11.6. The van der Waals surface area contributed by atoms with Gasteiger partial charge in [-0.2, -0.15) is 0 Å². The minimum Gasteiger partial charge on any atom is -0.352 e. The lowest BCUT2D eigenvalue weighted by atomic mass is 10.1. The Labute approximate surface area is 96.8 Å². The monoisotopic (exact) mass is 220 g/mol. The molecule has 2 aliphatic rings. The van der Waals surface area contributed by atoms with Crippen LogP contribution < -0.4 is 5.32 Å². The van der Waals surface area contributed by atoms with Crippen molar-refractivity contribution >= 4 is 5.91 Å². The summed E-state index contributed by atoms with van der Waals surface area (Å²) in [7, 11) is 0. The smallest absolute Gasteiger partial charge is 0.253 e. The normalized spacial score (nSPS) is 17.8. The number of aromatic nitrogens is 1. The first-order valence-electron chi connectivity index (χ1n) is 6.36. The molecule has 0 unspecified atom stereocenters. The molecule has 88 valence electrons. The predicted octanol–water partition coefficient (Wildman–Crippen LogP) is 2.14. The van der Waals surface area contributed by atoms with Crippen molar-refractivity contribution in [3.05, 3.63) is 23.0 Å². The molecule has 3 heteroatoms. The van der Waals surface area contributed by atoms with Gasteiger partial charge in [0.1, 0.15) is 0 Å². The molecule has 0 saturated carbocycles. The summed E-state index contributed by atoms with van der Waals surface area (Å²) in [5.41, 5.74) is 3.55. The summed E-state index contributed by atoms with van der Waals surface area (Å²) in [5.74, 6) is 0.119. The third-order valence-electron chi connectivity index (χ3n) is 3.25. The molecule has 0 saturated heterocycles. The number of fused-ring (bicyclic) bond motifs is 3. The number of hydrogen-bond acceptors (Lipinski definition) is 1. The Balaban J connectivity index is 0.000000457. The van der Waals surface area contributed by atoms with Crippen LogP contribution in [0.5, 0.6) is 0 Å². The second-order valence-electron chi connectivity index (χ2n) is 4.11. The first kappa shape index (κ1) is 11.2. The predicted molar refractivity (Wildman–Crippen MR) is 64.8 cm³/mol. The number of nitrogens with zero attached hydrogens (tertiary/aromatic N) is 1. The Hall–Kier alpha value is -1.25. The zero-order valence-corrected chi connectivity index (χ0v) is 10.2. The number of nitrogens with one attached hydrogen (secondary N) is 1. The van der Waals surface area contributed by atoms with Gasteiger partial charge in [0.25, 0.3) is 5.91 Å². The molecule has 0 fully saturated rings. The largest absolute Gasteiger partial charge is 0.352 e. The van der Waals surface area contributed by atoms with Crippen LogP contribution in [0.4, 0.5) is 0 Å². The van der Waals surface area contributed by atoms with Crippen molar-refractivity contribution in [2.24, 2.45) is 0 Å². The third-order valence-corrected chi connectivity index (χ3v) is 3.25. The molecule has 0 aromatic carbocycles. The van der Waals surface area contributed by atoms with Crippen molar-refractivity contribution < 1.29 is 4.79 Å². The number of amides is 1. The van der Waals surface area contributed by atoms with Crippen LogP contribution in [0.25, 0.3) is 0 Å². The van der Waals surface area contributed by atoms with Crippen molar-refractivity contribution in [1.29, 1.82) is 0 Å². The average molecular weight is 220 g/mol. The van der Waals surface area contributed by atoms with Crippen LogP contribution in [0.1, 0.15) is 48.4 Å². The molecule has 1 aromatic heterocycles. The van der Waals surface area contributed by atoms with E-state index < -0.39 is 0 Å². The molecule has 3 nitrogen and oxygen atoms in total. The van der Waals surface area contributed by atoms with Crippen LogP contribution in [-0.2, 0) is 19.4 Å². The Morgan fingerprint density at radius 1 is 1.25 bits per heavy atom. The van der Waals surface area contributed by atoms with Gasteiger partial charge in [0.15, 0.2) is 0 Å². The van der Waals surface area contributed by atoms with E-state index in [2.05, 4.69) is 16.0 Å². The maximum Gasteiger partial charge on any atom is 0.253 e. The molecular formula is C13H20N2O. The highest BCUT2D eigenvalue weighted by Gasteiger charge is 2.24. The topological polar surface area (TPSA) is 34.0 Å². The summed E-state index contributed by atoms with van der Waals surface area (Å²) in [4.78, 5) is 11.6. The summed E-state index contributed by atoms with van der Waals surface area (Å²) in [6, 6.07) is 2.09. The first-order valence-corrected chi connectivity index (χ1v) is 6.36. The minimum absolute atomic E-state index is 0.119. The molecule has 0 spiro atoms. The Morgan fingerprint density at radius 3 is 2.88 bits per heavy atom. The van der Waals surface area contributed by atoms with Gasteiger partial charge >= 0.3 is 0 Å². The Kier molecular flexibility index (Phi) is 3.32. The average Bonchev–Trinajstić information content (AvgIpc) is 2.72. The first-order chi connectivity index (χ1) is 7.86. The number of carbonyl (C=O) groups excluding carboxylic acids is 1. The van der Waals surface area contributed by atoms with Crippen LogP contribution in [0.15, 0.2) is 6.07 Å². The maximum absolute atomic E-state index is 11.6. The van der Waals surface area contributed by atoms with Crippen LogP contribution in [-0.4, -0.2) is 17.0 Å². The lowest BCUT2D eigenvalue weighted by Gasteiger charge is -2.20. The van der Waals surface area contributed by atoms with E-state index in [0.29, 0.717) is 0 Å². The molecule has 16 heavy (non-hydrogen) atoms. The van der Waals surface area contributed by atoms with E-state index in [-0.39, 0.29) is 5.91 Å². The highest BCUT2D eigenvalue weighted by molar-refractivity contribution is 5.96. The van der Waals surface area contributed by atoms with Crippen LogP contribution in [0.3, 0.4) is 0 Å². The van der Waals surface area contributed by atoms with Crippen molar-refractivity contribution in [3.8, 4) is 0 Å². The van der Waals surface area contributed by atoms with Gasteiger partial charge in [-0.3, -0.25) is 4.79 Å². The van der Waals surface area contributed by atoms with Gasteiger partial charge in [0.05, 0.1) is 5.56 Å². The lowest BCUT2D eigenvalue weighted by Crippen LogP contribution is -2.32. The van der Waals surface area contributed by atoms with Crippen LogP contribution >= 0.6 is 0 Å². The Bertz CT molecular complexity index is 393. The van der Waals surface area contributed by atoms with Crippen molar-refractivity contribution in [2.75, 3.05) is 6.54 Å². The second kappa shape index (κ2) is 4.73. The van der Waals surface area contributed by atoms with Gasteiger partial charge in [0.2, 0.25) is 0 Å². The van der Waals surface area contributed by atoms with E-state index in [1.807, 2.05) is 13.8 Å². The highest BCUT2D eigenvalue weighted by atomic mass is 16.1. The van der Waals surface area contributed by atoms with E-state index in [4.69, 9.17) is 0 Å². The molecule has 1 aromatic rings. The molecule has 0 bridgehead atoms. The number of carbonyl (C=O) groups is 1. The summed E-state index contributed by atoms with van der Waals surface area (Å²) < 4.78 is 2.36. The summed E-state index contributed by atoms with van der Waals surface area (Å²) in [6.07, 6.45) is 4.67. The number of aryl methyl sites for hydroxylation is 1. The molecule has 3 heterocycles. The lowest BCUT2D eigenvalue weighted by molar-refractivity contribution is 0.0945. The standard InChI is InChI=1S/C11H14N2O.C2H6/c14-11-9-7-8-3-1-2-6-13(8)10(9)4-5-12-11;1-2/h7H,1-6H2,(H,12,14);1-2H3. The van der Waals surface area contributed by atoms with Gasteiger partial charge in [-0.1, -0.05) is 13.8 Å². The third kappa shape index (κ3) is 1.75.